The van der Waals surface area contributed by atoms with Crippen LogP contribution in [0, 0.1) is 0 Å². The number of nitrogens with one attached hydrogen (secondary N) is 1. The highest BCUT2D eigenvalue weighted by atomic mass is 19.4. The van der Waals surface area contributed by atoms with Crippen LogP contribution in [-0.2, 0) is 10.9 Å². The number of anilines is 1. The Morgan fingerprint density at radius 1 is 1.18 bits per heavy atom. The number of alkyl halides is 3. The Hall–Kier alpha value is -2.38. The van der Waals surface area contributed by atoms with Gasteiger partial charge in [-0.15, -0.1) is 0 Å². The molecular weight excluding hydrogens is 299 g/mol. The normalized spacial score (nSPS) is 12.3. The summed E-state index contributed by atoms with van der Waals surface area (Å²) in [5.74, 6) is 0. The van der Waals surface area contributed by atoms with E-state index in [9.17, 15) is 18.0 Å². The molecule has 1 aromatic heterocycles. The number of hydrogen-bond acceptors (Lipinski definition) is 4. The van der Waals surface area contributed by atoms with E-state index in [0.717, 1.165) is 0 Å². The van der Waals surface area contributed by atoms with Crippen molar-refractivity contribution < 1.29 is 22.7 Å². The summed E-state index contributed by atoms with van der Waals surface area (Å²) >= 11 is 0. The van der Waals surface area contributed by atoms with Gasteiger partial charge >= 0.3 is 12.3 Å². The van der Waals surface area contributed by atoms with Gasteiger partial charge in [0.05, 0.1) is 17.2 Å². The number of hydrogen-bond donors (Lipinski definition) is 1. The lowest BCUT2D eigenvalue weighted by Gasteiger charge is -2.19. The predicted molar refractivity (Wildman–Crippen MR) is 74.4 cm³/mol. The molecule has 0 aliphatic heterocycles. The Morgan fingerprint density at radius 3 is 2.45 bits per heavy atom. The van der Waals surface area contributed by atoms with E-state index in [1.54, 1.807) is 20.8 Å². The molecule has 2 aromatic rings. The molecule has 0 unspecified atom stereocenters. The second kappa shape index (κ2) is 5.43. The van der Waals surface area contributed by atoms with E-state index in [-0.39, 0.29) is 11.0 Å². The Morgan fingerprint density at radius 2 is 1.86 bits per heavy atom. The maximum Gasteiger partial charge on any atom is 0.434 e. The van der Waals surface area contributed by atoms with Crippen LogP contribution in [0.2, 0.25) is 0 Å². The number of carbonyl (C=O) groups is 1. The molecule has 1 heterocycles. The van der Waals surface area contributed by atoms with E-state index in [1.165, 1.54) is 18.2 Å². The second-order valence-electron chi connectivity index (χ2n) is 5.58. The molecule has 0 fully saturated rings. The van der Waals surface area contributed by atoms with Gasteiger partial charge in [-0.1, -0.05) is 0 Å². The van der Waals surface area contributed by atoms with Crippen molar-refractivity contribution in [2.45, 2.75) is 32.5 Å². The highest BCUT2D eigenvalue weighted by Crippen LogP contribution is 2.28. The minimum Gasteiger partial charge on any atom is -0.444 e. The van der Waals surface area contributed by atoms with Gasteiger partial charge in [0.2, 0.25) is 0 Å². The largest absolute Gasteiger partial charge is 0.444 e. The predicted octanol–water partition coefficient (Wildman–Crippen LogP) is 4.00. The van der Waals surface area contributed by atoms with E-state index in [1.807, 2.05) is 0 Å². The molecule has 0 saturated heterocycles. The number of amides is 1. The number of aromatic nitrogens is 2. The molecule has 0 bridgehead atoms. The van der Waals surface area contributed by atoms with Crippen molar-refractivity contribution in [3.05, 3.63) is 30.1 Å². The molecule has 22 heavy (non-hydrogen) atoms. The summed E-state index contributed by atoms with van der Waals surface area (Å²) in [6.07, 6.45) is -4.56. The van der Waals surface area contributed by atoms with Gasteiger partial charge in [0, 0.05) is 5.69 Å². The van der Waals surface area contributed by atoms with Gasteiger partial charge in [0.1, 0.15) is 5.60 Å². The van der Waals surface area contributed by atoms with Crippen molar-refractivity contribution in [2.75, 3.05) is 5.32 Å². The minimum atomic E-state index is -4.55. The van der Waals surface area contributed by atoms with Crippen molar-refractivity contribution in [3.63, 3.8) is 0 Å². The maximum absolute atomic E-state index is 12.5. The van der Waals surface area contributed by atoms with Gasteiger partial charge in [-0.2, -0.15) is 13.2 Å². The van der Waals surface area contributed by atoms with Crippen LogP contribution in [0.25, 0.3) is 11.0 Å². The summed E-state index contributed by atoms with van der Waals surface area (Å²) in [5, 5.41) is 2.48. The van der Waals surface area contributed by atoms with Crippen LogP contribution >= 0.6 is 0 Å². The number of ether oxygens (including phenoxy) is 1. The molecule has 118 valence electrons. The fourth-order valence-corrected chi connectivity index (χ4v) is 1.65. The molecule has 0 saturated carbocycles. The van der Waals surface area contributed by atoms with Crippen LogP contribution in [0.4, 0.5) is 23.7 Å². The average molecular weight is 313 g/mol. The smallest absolute Gasteiger partial charge is 0.434 e. The molecule has 0 aliphatic carbocycles. The monoisotopic (exact) mass is 313 g/mol. The SMILES string of the molecule is CC(C)(C)OC(=O)Nc1ccc2nc(C(F)(F)F)cnc2c1. The molecule has 1 aromatic carbocycles. The standard InChI is InChI=1S/C14H14F3N3O2/c1-13(2,3)22-12(21)19-8-4-5-9-10(6-8)18-7-11(20-9)14(15,16)17/h4-7H,1-3H3,(H,19,21). The van der Waals surface area contributed by atoms with E-state index in [0.29, 0.717) is 11.9 Å². The molecule has 0 radical (unpaired) electrons. The Labute approximate surface area is 124 Å². The first kappa shape index (κ1) is 16.0. The first-order valence-corrected chi connectivity index (χ1v) is 6.39. The number of rotatable bonds is 1. The number of halogens is 3. The average Bonchev–Trinajstić information content (AvgIpc) is 2.34. The molecular formula is C14H14F3N3O2. The number of nitrogens with zero attached hydrogens (tertiary/aromatic N) is 2. The molecule has 5 nitrogen and oxygen atoms in total. The molecule has 0 aliphatic rings. The van der Waals surface area contributed by atoms with E-state index in [4.69, 9.17) is 4.74 Å². The van der Waals surface area contributed by atoms with Gasteiger partial charge in [-0.3, -0.25) is 10.3 Å². The van der Waals surface area contributed by atoms with Crippen molar-refractivity contribution in [2.24, 2.45) is 0 Å². The van der Waals surface area contributed by atoms with Crippen LogP contribution in [0.5, 0.6) is 0 Å². The number of fused-ring (bicyclic) bond motifs is 1. The minimum absolute atomic E-state index is 0.0876. The fraction of sp³-hybridized carbons (Fsp3) is 0.357. The third-order valence-electron chi connectivity index (χ3n) is 2.48. The van der Waals surface area contributed by atoms with Crippen LogP contribution in [-0.4, -0.2) is 21.7 Å². The summed E-state index contributed by atoms with van der Waals surface area (Å²) < 4.78 is 42.7. The summed E-state index contributed by atoms with van der Waals surface area (Å²) in [6.45, 7) is 5.16. The van der Waals surface area contributed by atoms with Crippen LogP contribution in [0.1, 0.15) is 26.5 Å². The lowest BCUT2D eigenvalue weighted by molar-refractivity contribution is -0.141. The van der Waals surface area contributed by atoms with Crippen molar-refractivity contribution in [1.82, 2.24) is 9.97 Å². The van der Waals surface area contributed by atoms with Crippen molar-refractivity contribution >= 4 is 22.8 Å². The molecule has 1 N–H and O–H groups in total. The summed E-state index contributed by atoms with van der Waals surface area (Å²) in [5.41, 5.74) is -1.03. The zero-order chi connectivity index (χ0) is 16.5. The highest BCUT2D eigenvalue weighted by molar-refractivity contribution is 5.88. The Balaban J connectivity index is 2.23. The maximum atomic E-state index is 12.5. The zero-order valence-corrected chi connectivity index (χ0v) is 12.2. The van der Waals surface area contributed by atoms with Crippen LogP contribution in [0.3, 0.4) is 0 Å². The summed E-state index contributed by atoms with van der Waals surface area (Å²) in [7, 11) is 0. The van der Waals surface area contributed by atoms with Crippen LogP contribution in [0.15, 0.2) is 24.4 Å². The fourth-order valence-electron chi connectivity index (χ4n) is 1.65. The summed E-state index contributed by atoms with van der Waals surface area (Å²) in [4.78, 5) is 18.8. The Kier molecular flexibility index (Phi) is 3.95. The van der Waals surface area contributed by atoms with E-state index < -0.39 is 23.6 Å². The number of benzene rings is 1. The van der Waals surface area contributed by atoms with Gasteiger partial charge in [-0.25, -0.2) is 9.78 Å². The first-order chi connectivity index (χ1) is 10.0. The van der Waals surface area contributed by atoms with Gasteiger partial charge in [0.15, 0.2) is 5.69 Å². The van der Waals surface area contributed by atoms with Crippen molar-refractivity contribution in [1.29, 1.82) is 0 Å². The molecule has 0 spiro atoms. The van der Waals surface area contributed by atoms with E-state index >= 15 is 0 Å². The first-order valence-electron chi connectivity index (χ1n) is 6.39. The van der Waals surface area contributed by atoms with Gasteiger partial charge in [-0.05, 0) is 39.0 Å². The molecule has 8 heteroatoms. The number of carbonyl (C=O) groups excluding carboxylic acids is 1. The lowest BCUT2D eigenvalue weighted by Crippen LogP contribution is -2.27. The zero-order valence-electron chi connectivity index (χ0n) is 12.2. The molecule has 2 rings (SSSR count). The molecule has 1 amide bonds. The van der Waals surface area contributed by atoms with Crippen molar-refractivity contribution in [3.8, 4) is 0 Å². The third-order valence-corrected chi connectivity index (χ3v) is 2.48. The lowest BCUT2D eigenvalue weighted by atomic mass is 10.2. The highest BCUT2D eigenvalue weighted by Gasteiger charge is 2.33. The quantitative estimate of drug-likeness (QED) is 0.864. The Bertz CT molecular complexity index is 709. The van der Waals surface area contributed by atoms with Crippen LogP contribution < -0.4 is 5.32 Å². The third kappa shape index (κ3) is 4.06. The van der Waals surface area contributed by atoms with Gasteiger partial charge < -0.3 is 4.74 Å². The topological polar surface area (TPSA) is 64.1 Å². The van der Waals surface area contributed by atoms with E-state index in [2.05, 4.69) is 15.3 Å². The van der Waals surface area contributed by atoms with Gasteiger partial charge in [0.25, 0.3) is 0 Å². The second-order valence-corrected chi connectivity index (χ2v) is 5.58. The molecule has 0 atom stereocenters. The summed E-state index contributed by atoms with van der Waals surface area (Å²) in [6, 6.07) is 4.21.